The van der Waals surface area contributed by atoms with E-state index in [1.807, 2.05) is 42.5 Å². The molecule has 172 valence electrons. The summed E-state index contributed by atoms with van der Waals surface area (Å²) < 4.78 is 47.5. The first-order chi connectivity index (χ1) is 15.7. The van der Waals surface area contributed by atoms with Gasteiger partial charge in [0.05, 0.1) is 0 Å². The zero-order valence-electron chi connectivity index (χ0n) is 17.0. The Labute approximate surface area is 206 Å². The third-order valence-electron chi connectivity index (χ3n) is 4.28. The number of thioether (sulfide) groups is 1. The third kappa shape index (κ3) is 8.01. The summed E-state index contributed by atoms with van der Waals surface area (Å²) in [7, 11) is 0. The van der Waals surface area contributed by atoms with Crippen LogP contribution in [0.2, 0.25) is 0 Å². The lowest BCUT2D eigenvalue weighted by atomic mass is 9.98. The van der Waals surface area contributed by atoms with Gasteiger partial charge in [-0.2, -0.15) is 0 Å². The van der Waals surface area contributed by atoms with Gasteiger partial charge in [0.15, 0.2) is 6.61 Å². The Bertz CT molecular complexity index is 1120. The summed E-state index contributed by atoms with van der Waals surface area (Å²) in [6.07, 6.45) is -2.72. The maximum absolute atomic E-state index is 12.5. The van der Waals surface area contributed by atoms with Crippen LogP contribution < -0.4 is 9.47 Å². The summed E-state index contributed by atoms with van der Waals surface area (Å²) in [6, 6.07) is 20.7. The van der Waals surface area contributed by atoms with E-state index in [4.69, 9.17) is 9.84 Å². The minimum Gasteiger partial charge on any atom is -0.482 e. The molecule has 0 aliphatic heterocycles. The number of rotatable bonds is 9. The SMILES string of the molecule is O=C(O)COc1ccc(SC/C=C(/c2ccccc2)c2ccc(OC(F)(F)F)cc2)c(I)c1. The van der Waals surface area contributed by atoms with Crippen molar-refractivity contribution in [2.24, 2.45) is 0 Å². The van der Waals surface area contributed by atoms with Gasteiger partial charge in [-0.05, 0) is 69.6 Å². The first-order valence-electron chi connectivity index (χ1n) is 9.60. The number of alkyl halides is 3. The highest BCUT2D eigenvalue weighted by Crippen LogP contribution is 2.31. The van der Waals surface area contributed by atoms with E-state index in [9.17, 15) is 18.0 Å². The number of carboxylic acids is 1. The lowest BCUT2D eigenvalue weighted by Gasteiger charge is -2.12. The van der Waals surface area contributed by atoms with Crippen molar-refractivity contribution in [3.63, 3.8) is 0 Å². The molecule has 0 spiro atoms. The standard InChI is InChI=1S/C24H18F3IO4S/c25-24(26,27)32-18-8-6-17(7-9-18)20(16-4-2-1-3-5-16)12-13-33-22-11-10-19(14-21(22)28)31-15-23(29)30/h1-12,14H,13,15H2,(H,29,30)/b20-12-. The Morgan fingerprint density at radius 1 is 0.970 bits per heavy atom. The van der Waals surface area contributed by atoms with Gasteiger partial charge in [-0.1, -0.05) is 48.5 Å². The molecule has 3 rings (SSSR count). The average molecular weight is 586 g/mol. The molecule has 33 heavy (non-hydrogen) atoms. The molecule has 0 aromatic heterocycles. The second-order valence-electron chi connectivity index (χ2n) is 6.64. The van der Waals surface area contributed by atoms with Crippen molar-refractivity contribution < 1.29 is 32.5 Å². The smallest absolute Gasteiger partial charge is 0.482 e. The summed E-state index contributed by atoms with van der Waals surface area (Å²) in [4.78, 5) is 11.6. The number of hydrogen-bond donors (Lipinski definition) is 1. The van der Waals surface area contributed by atoms with E-state index >= 15 is 0 Å². The highest BCUT2D eigenvalue weighted by atomic mass is 127. The first-order valence-corrected chi connectivity index (χ1v) is 11.7. The quantitative estimate of drug-likeness (QED) is 0.219. The van der Waals surface area contributed by atoms with Crippen molar-refractivity contribution >= 4 is 45.9 Å². The molecule has 0 heterocycles. The molecule has 0 atom stereocenters. The van der Waals surface area contributed by atoms with E-state index in [1.54, 1.807) is 36.0 Å². The number of carboxylic acid groups (broad SMARTS) is 1. The predicted molar refractivity (Wildman–Crippen MR) is 130 cm³/mol. The number of carbonyl (C=O) groups is 1. The van der Waals surface area contributed by atoms with Gasteiger partial charge in [0, 0.05) is 14.2 Å². The summed E-state index contributed by atoms with van der Waals surface area (Å²) >= 11 is 3.74. The molecule has 0 amide bonds. The number of ether oxygens (including phenoxy) is 2. The molecular weight excluding hydrogens is 568 g/mol. The summed E-state index contributed by atoms with van der Waals surface area (Å²) in [6.45, 7) is -0.404. The molecule has 1 N–H and O–H groups in total. The van der Waals surface area contributed by atoms with Crippen LogP contribution in [0.4, 0.5) is 13.2 Å². The van der Waals surface area contributed by atoms with Crippen LogP contribution in [0.5, 0.6) is 11.5 Å². The Morgan fingerprint density at radius 3 is 2.21 bits per heavy atom. The van der Waals surface area contributed by atoms with Crippen LogP contribution >= 0.6 is 34.4 Å². The summed E-state index contributed by atoms with van der Waals surface area (Å²) in [5, 5.41) is 8.73. The van der Waals surface area contributed by atoms with Gasteiger partial charge in [0.25, 0.3) is 0 Å². The normalized spacial score (nSPS) is 11.8. The van der Waals surface area contributed by atoms with Gasteiger partial charge in [0.2, 0.25) is 0 Å². The van der Waals surface area contributed by atoms with Crippen LogP contribution in [-0.2, 0) is 4.79 Å². The van der Waals surface area contributed by atoms with E-state index in [1.165, 1.54) is 12.1 Å². The summed E-state index contributed by atoms with van der Waals surface area (Å²) in [5.41, 5.74) is 2.59. The van der Waals surface area contributed by atoms with E-state index < -0.39 is 18.9 Å². The van der Waals surface area contributed by atoms with Crippen LogP contribution in [0.3, 0.4) is 0 Å². The van der Waals surface area contributed by atoms with Gasteiger partial charge in [-0.25, -0.2) is 4.79 Å². The van der Waals surface area contributed by atoms with E-state index in [-0.39, 0.29) is 5.75 Å². The van der Waals surface area contributed by atoms with Gasteiger partial charge in [0.1, 0.15) is 11.5 Å². The second kappa shape index (κ2) is 11.5. The fraction of sp³-hybridized carbons (Fsp3) is 0.125. The molecule has 0 fully saturated rings. The molecule has 0 aliphatic carbocycles. The largest absolute Gasteiger partial charge is 0.573 e. The average Bonchev–Trinajstić information content (AvgIpc) is 2.77. The predicted octanol–water partition coefficient (Wildman–Crippen LogP) is 6.88. The van der Waals surface area contributed by atoms with Crippen LogP contribution in [0, 0.1) is 3.57 Å². The molecule has 4 nitrogen and oxygen atoms in total. The van der Waals surface area contributed by atoms with Gasteiger partial charge < -0.3 is 14.6 Å². The highest BCUT2D eigenvalue weighted by Gasteiger charge is 2.31. The van der Waals surface area contributed by atoms with Gasteiger partial charge >= 0.3 is 12.3 Å². The first kappa shape index (κ1) is 25.0. The minimum atomic E-state index is -4.73. The number of aliphatic carboxylic acids is 1. The van der Waals surface area contributed by atoms with Crippen LogP contribution in [0.25, 0.3) is 5.57 Å². The van der Waals surface area contributed by atoms with E-state index in [2.05, 4.69) is 27.3 Å². The maximum Gasteiger partial charge on any atom is 0.573 e. The van der Waals surface area contributed by atoms with E-state index in [0.717, 1.165) is 25.2 Å². The van der Waals surface area contributed by atoms with Crippen LogP contribution in [0.15, 0.2) is 83.8 Å². The second-order valence-corrected chi connectivity index (χ2v) is 8.87. The lowest BCUT2D eigenvalue weighted by molar-refractivity contribution is -0.274. The molecule has 0 unspecified atom stereocenters. The van der Waals surface area contributed by atoms with Gasteiger partial charge in [-0.15, -0.1) is 24.9 Å². The van der Waals surface area contributed by atoms with Crippen molar-refractivity contribution in [2.45, 2.75) is 11.3 Å². The lowest BCUT2D eigenvalue weighted by Crippen LogP contribution is -2.17. The van der Waals surface area contributed by atoms with Crippen LogP contribution in [-0.4, -0.2) is 29.8 Å². The number of benzene rings is 3. The summed E-state index contributed by atoms with van der Waals surface area (Å²) in [5.74, 6) is -0.225. The van der Waals surface area contributed by atoms with E-state index in [0.29, 0.717) is 11.5 Å². The zero-order valence-corrected chi connectivity index (χ0v) is 20.0. The topological polar surface area (TPSA) is 55.8 Å². The Kier molecular flexibility index (Phi) is 8.67. The maximum atomic E-state index is 12.5. The molecule has 0 saturated carbocycles. The molecule has 0 aliphatic rings. The number of hydrogen-bond acceptors (Lipinski definition) is 4. The Morgan fingerprint density at radius 2 is 1.61 bits per heavy atom. The van der Waals surface area contributed by atoms with Crippen molar-refractivity contribution in [3.8, 4) is 11.5 Å². The zero-order chi connectivity index (χ0) is 23.8. The molecule has 0 bridgehead atoms. The number of halogens is 4. The van der Waals surface area contributed by atoms with Gasteiger partial charge in [-0.3, -0.25) is 0 Å². The fourth-order valence-corrected chi connectivity index (χ4v) is 4.65. The molecule has 0 radical (unpaired) electrons. The molecular formula is C24H18F3IO4S. The van der Waals surface area contributed by atoms with Crippen molar-refractivity contribution in [1.82, 2.24) is 0 Å². The van der Waals surface area contributed by atoms with Crippen LogP contribution in [0.1, 0.15) is 11.1 Å². The van der Waals surface area contributed by atoms with Crippen molar-refractivity contribution in [1.29, 1.82) is 0 Å². The van der Waals surface area contributed by atoms with Crippen molar-refractivity contribution in [2.75, 3.05) is 12.4 Å². The Balaban J connectivity index is 1.77. The van der Waals surface area contributed by atoms with Crippen molar-refractivity contribution in [3.05, 3.63) is 93.6 Å². The minimum absolute atomic E-state index is 0.271. The fourth-order valence-electron chi connectivity index (χ4n) is 2.90. The Hall–Kier alpha value is -2.66. The monoisotopic (exact) mass is 586 g/mol. The highest BCUT2D eigenvalue weighted by molar-refractivity contribution is 14.1. The molecule has 3 aromatic rings. The molecule has 0 saturated heterocycles. The molecule has 3 aromatic carbocycles. The molecule has 9 heteroatoms. The third-order valence-corrected chi connectivity index (χ3v) is 6.53.